The molecule has 0 radical (unpaired) electrons. The first-order valence-corrected chi connectivity index (χ1v) is 6.71. The minimum Gasteiger partial charge on any atom is -0.326 e. The Balaban J connectivity index is 2.05. The summed E-state index contributed by atoms with van der Waals surface area (Å²) in [5.74, 6) is 0.493. The van der Waals surface area contributed by atoms with Crippen LogP contribution in [0, 0.1) is 11.8 Å². The van der Waals surface area contributed by atoms with Crippen LogP contribution in [-0.4, -0.2) is 19.0 Å². The normalized spacial score (nSPS) is 23.7. The van der Waals surface area contributed by atoms with E-state index in [1.165, 1.54) is 0 Å². The molecule has 1 heterocycles. The Morgan fingerprint density at radius 2 is 2.29 bits per heavy atom. The van der Waals surface area contributed by atoms with Gasteiger partial charge < -0.3 is 10.6 Å². The van der Waals surface area contributed by atoms with E-state index in [0.29, 0.717) is 10.9 Å². The third-order valence-corrected chi connectivity index (χ3v) is 4.26. The van der Waals surface area contributed by atoms with Crippen LogP contribution in [0.15, 0.2) is 22.7 Å². The number of hydrogen-bond donors (Lipinski definition) is 2. The highest BCUT2D eigenvalue weighted by atomic mass is 79.9. The summed E-state index contributed by atoms with van der Waals surface area (Å²) in [5, 5.41) is 6.77. The first kappa shape index (κ1) is 12.9. The van der Waals surface area contributed by atoms with Crippen molar-refractivity contribution >= 4 is 39.1 Å². The van der Waals surface area contributed by atoms with Gasteiger partial charge in [-0.1, -0.05) is 18.5 Å². The number of anilines is 1. The summed E-state index contributed by atoms with van der Waals surface area (Å²) in [5.41, 5.74) is 0.769. The van der Waals surface area contributed by atoms with Crippen LogP contribution in [0.25, 0.3) is 0 Å². The Labute approximate surface area is 114 Å². The van der Waals surface area contributed by atoms with Crippen molar-refractivity contribution in [2.75, 3.05) is 18.4 Å². The Hall–Kier alpha value is -0.580. The molecule has 1 aliphatic rings. The maximum absolute atomic E-state index is 12.0. The standard InChI is InChI=1S/C12H14BrClN2O/c1-7-5-15-6-9(7)12(17)16-8-2-3-11(14)10(13)4-8/h2-4,7,9,15H,5-6H2,1H3,(H,16,17)/t7-,9-/m1/s1. The second kappa shape index (κ2) is 5.38. The van der Waals surface area contributed by atoms with Gasteiger partial charge in [0.1, 0.15) is 0 Å². The lowest BCUT2D eigenvalue weighted by Gasteiger charge is -2.14. The molecule has 92 valence electrons. The molecule has 1 aromatic carbocycles. The molecule has 2 N–H and O–H groups in total. The third-order valence-electron chi connectivity index (χ3n) is 3.04. The second-order valence-electron chi connectivity index (χ2n) is 4.36. The lowest BCUT2D eigenvalue weighted by atomic mass is 9.97. The van der Waals surface area contributed by atoms with Gasteiger partial charge in [-0.15, -0.1) is 0 Å². The van der Waals surface area contributed by atoms with Crippen molar-refractivity contribution in [2.24, 2.45) is 11.8 Å². The molecule has 2 rings (SSSR count). The van der Waals surface area contributed by atoms with E-state index in [-0.39, 0.29) is 11.8 Å². The molecule has 1 aliphatic heterocycles. The van der Waals surface area contributed by atoms with Crippen LogP contribution in [0.2, 0.25) is 5.02 Å². The molecule has 0 unspecified atom stereocenters. The van der Waals surface area contributed by atoms with Gasteiger partial charge in [0.25, 0.3) is 0 Å². The SMILES string of the molecule is C[C@@H]1CNC[C@H]1C(=O)Nc1ccc(Cl)c(Br)c1. The molecule has 17 heavy (non-hydrogen) atoms. The molecule has 0 spiro atoms. The van der Waals surface area contributed by atoms with Crippen LogP contribution in [-0.2, 0) is 4.79 Å². The number of amides is 1. The van der Waals surface area contributed by atoms with Crippen molar-refractivity contribution in [3.63, 3.8) is 0 Å². The molecule has 1 aromatic rings. The number of halogens is 2. The van der Waals surface area contributed by atoms with Crippen molar-refractivity contribution in [1.82, 2.24) is 5.32 Å². The molecule has 0 bridgehead atoms. The molecule has 0 saturated carbocycles. The predicted molar refractivity (Wildman–Crippen MR) is 73.3 cm³/mol. The van der Waals surface area contributed by atoms with E-state index in [1.807, 2.05) is 6.07 Å². The number of rotatable bonds is 2. The van der Waals surface area contributed by atoms with E-state index in [9.17, 15) is 4.79 Å². The van der Waals surface area contributed by atoms with E-state index in [0.717, 1.165) is 23.2 Å². The molecule has 1 fully saturated rings. The zero-order valence-electron chi connectivity index (χ0n) is 9.47. The summed E-state index contributed by atoms with van der Waals surface area (Å²) in [7, 11) is 0. The zero-order valence-corrected chi connectivity index (χ0v) is 11.8. The number of carbonyl (C=O) groups is 1. The van der Waals surface area contributed by atoms with E-state index in [2.05, 4.69) is 33.5 Å². The van der Waals surface area contributed by atoms with Crippen molar-refractivity contribution in [1.29, 1.82) is 0 Å². The van der Waals surface area contributed by atoms with Gasteiger partial charge in [0.15, 0.2) is 0 Å². The van der Waals surface area contributed by atoms with Crippen LogP contribution in [0.4, 0.5) is 5.69 Å². The second-order valence-corrected chi connectivity index (χ2v) is 5.62. The number of hydrogen-bond acceptors (Lipinski definition) is 2. The highest BCUT2D eigenvalue weighted by Crippen LogP contribution is 2.26. The van der Waals surface area contributed by atoms with Crippen LogP contribution in [0.1, 0.15) is 6.92 Å². The van der Waals surface area contributed by atoms with Crippen molar-refractivity contribution in [2.45, 2.75) is 6.92 Å². The molecular weight excluding hydrogens is 304 g/mol. The summed E-state index contributed by atoms with van der Waals surface area (Å²) in [6.45, 7) is 3.74. The molecule has 0 aliphatic carbocycles. The van der Waals surface area contributed by atoms with Crippen LogP contribution >= 0.6 is 27.5 Å². The fourth-order valence-corrected chi connectivity index (χ4v) is 2.47. The van der Waals surface area contributed by atoms with E-state index < -0.39 is 0 Å². The average Bonchev–Trinajstić information content (AvgIpc) is 2.70. The Morgan fingerprint density at radius 1 is 1.53 bits per heavy atom. The molecule has 0 aromatic heterocycles. The molecule has 1 saturated heterocycles. The number of carbonyl (C=O) groups excluding carboxylic acids is 1. The van der Waals surface area contributed by atoms with Crippen LogP contribution in [0.3, 0.4) is 0 Å². The number of nitrogens with one attached hydrogen (secondary N) is 2. The van der Waals surface area contributed by atoms with Gasteiger partial charge >= 0.3 is 0 Å². The minimum atomic E-state index is 0.0458. The van der Waals surface area contributed by atoms with Gasteiger partial charge in [0.05, 0.1) is 10.9 Å². The summed E-state index contributed by atoms with van der Waals surface area (Å²) in [4.78, 5) is 12.0. The predicted octanol–water partition coefficient (Wildman–Crippen LogP) is 2.90. The van der Waals surface area contributed by atoms with Gasteiger partial charge in [-0.2, -0.15) is 0 Å². The van der Waals surface area contributed by atoms with Gasteiger partial charge in [-0.3, -0.25) is 4.79 Å². The van der Waals surface area contributed by atoms with E-state index >= 15 is 0 Å². The fourth-order valence-electron chi connectivity index (χ4n) is 1.97. The monoisotopic (exact) mass is 316 g/mol. The topological polar surface area (TPSA) is 41.1 Å². The van der Waals surface area contributed by atoms with Gasteiger partial charge in [-0.25, -0.2) is 0 Å². The van der Waals surface area contributed by atoms with Crippen molar-refractivity contribution in [3.8, 4) is 0 Å². The molecule has 1 amide bonds. The smallest absolute Gasteiger partial charge is 0.229 e. The van der Waals surface area contributed by atoms with Gasteiger partial charge in [0.2, 0.25) is 5.91 Å². The average molecular weight is 318 g/mol. The van der Waals surface area contributed by atoms with E-state index in [4.69, 9.17) is 11.6 Å². The first-order chi connectivity index (χ1) is 8.08. The zero-order chi connectivity index (χ0) is 12.4. The molecular formula is C12H14BrClN2O. The summed E-state index contributed by atoms with van der Waals surface area (Å²) >= 11 is 9.23. The summed E-state index contributed by atoms with van der Waals surface area (Å²) < 4.78 is 0.787. The Bertz CT molecular complexity index is 439. The molecule has 2 atom stereocenters. The highest BCUT2D eigenvalue weighted by Gasteiger charge is 2.29. The lowest BCUT2D eigenvalue weighted by molar-refractivity contribution is -0.120. The Kier molecular flexibility index (Phi) is 4.07. The minimum absolute atomic E-state index is 0.0458. The van der Waals surface area contributed by atoms with E-state index in [1.54, 1.807) is 12.1 Å². The van der Waals surface area contributed by atoms with Crippen molar-refractivity contribution < 1.29 is 4.79 Å². The van der Waals surface area contributed by atoms with Crippen LogP contribution < -0.4 is 10.6 Å². The largest absolute Gasteiger partial charge is 0.326 e. The lowest BCUT2D eigenvalue weighted by Crippen LogP contribution is -2.27. The van der Waals surface area contributed by atoms with Gasteiger partial charge in [-0.05, 0) is 46.6 Å². The highest BCUT2D eigenvalue weighted by molar-refractivity contribution is 9.10. The summed E-state index contributed by atoms with van der Waals surface area (Å²) in [6, 6.07) is 5.38. The molecule has 5 heteroatoms. The summed E-state index contributed by atoms with van der Waals surface area (Å²) in [6.07, 6.45) is 0. The maximum atomic E-state index is 12.0. The maximum Gasteiger partial charge on any atom is 0.229 e. The van der Waals surface area contributed by atoms with Crippen LogP contribution in [0.5, 0.6) is 0 Å². The fraction of sp³-hybridized carbons (Fsp3) is 0.417. The quantitative estimate of drug-likeness (QED) is 0.880. The third kappa shape index (κ3) is 3.00. The van der Waals surface area contributed by atoms with Gasteiger partial charge in [0, 0.05) is 16.7 Å². The number of benzene rings is 1. The first-order valence-electron chi connectivity index (χ1n) is 5.54. The van der Waals surface area contributed by atoms with Crippen molar-refractivity contribution in [3.05, 3.63) is 27.7 Å². The Morgan fingerprint density at radius 3 is 2.88 bits per heavy atom. The molecule has 3 nitrogen and oxygen atoms in total.